The second-order valence-electron chi connectivity index (χ2n) is 5.57. The predicted octanol–water partition coefficient (Wildman–Crippen LogP) is 0.938. The Labute approximate surface area is 102 Å². The molecule has 1 aromatic rings. The number of hydrogen-bond acceptors (Lipinski definition) is 3. The van der Waals surface area contributed by atoms with Crippen LogP contribution in [0.1, 0.15) is 36.7 Å². The van der Waals surface area contributed by atoms with Gasteiger partial charge in [0.05, 0.1) is 18.1 Å². The smallest absolute Gasteiger partial charge is 0.0955 e. The number of fused-ring (bicyclic) bond motifs is 2. The highest BCUT2D eigenvalue weighted by atomic mass is 15.3. The maximum absolute atomic E-state index is 4.60. The lowest BCUT2D eigenvalue weighted by Gasteiger charge is -2.24. The fourth-order valence-electron chi connectivity index (χ4n) is 3.93. The first kappa shape index (κ1) is 10.1. The topological polar surface area (TPSA) is 33.1 Å². The molecular formula is C13H20N4. The maximum Gasteiger partial charge on any atom is 0.0955 e. The first-order chi connectivity index (χ1) is 8.43. The summed E-state index contributed by atoms with van der Waals surface area (Å²) >= 11 is 0. The van der Waals surface area contributed by atoms with Gasteiger partial charge in [-0.05, 0) is 25.8 Å². The SMILES string of the molecule is c1nc2c(n1C1CCN3CCCC13)CCNC2. The Kier molecular flexibility index (Phi) is 2.27. The Balaban J connectivity index is 1.68. The van der Waals surface area contributed by atoms with Crippen molar-refractivity contribution in [2.45, 2.75) is 44.3 Å². The zero-order chi connectivity index (χ0) is 11.2. The molecule has 4 nitrogen and oxygen atoms in total. The minimum atomic E-state index is 0.701. The number of aromatic nitrogens is 2. The van der Waals surface area contributed by atoms with E-state index in [-0.39, 0.29) is 0 Å². The van der Waals surface area contributed by atoms with Gasteiger partial charge in [0.15, 0.2) is 0 Å². The van der Waals surface area contributed by atoms with Crippen LogP contribution in [0.25, 0.3) is 0 Å². The maximum atomic E-state index is 4.60. The fourth-order valence-corrected chi connectivity index (χ4v) is 3.93. The number of rotatable bonds is 1. The van der Waals surface area contributed by atoms with Crippen molar-refractivity contribution in [3.63, 3.8) is 0 Å². The van der Waals surface area contributed by atoms with E-state index in [2.05, 4.69) is 26.1 Å². The van der Waals surface area contributed by atoms with E-state index >= 15 is 0 Å². The first-order valence-electron chi connectivity index (χ1n) is 6.93. The molecule has 0 radical (unpaired) electrons. The van der Waals surface area contributed by atoms with Crippen LogP contribution in [0, 0.1) is 0 Å². The molecule has 3 aliphatic rings. The molecule has 4 heterocycles. The van der Waals surface area contributed by atoms with Gasteiger partial charge in [0.1, 0.15) is 0 Å². The minimum absolute atomic E-state index is 0.701. The predicted molar refractivity (Wildman–Crippen MR) is 65.9 cm³/mol. The van der Waals surface area contributed by atoms with Crippen molar-refractivity contribution in [2.75, 3.05) is 19.6 Å². The average Bonchev–Trinajstić information content (AvgIpc) is 3.02. The Bertz CT molecular complexity index is 425. The van der Waals surface area contributed by atoms with Gasteiger partial charge in [-0.3, -0.25) is 4.90 Å². The lowest BCUT2D eigenvalue weighted by Crippen LogP contribution is -2.30. The van der Waals surface area contributed by atoms with E-state index in [0.29, 0.717) is 6.04 Å². The zero-order valence-corrected chi connectivity index (χ0v) is 10.2. The molecule has 1 aromatic heterocycles. The summed E-state index contributed by atoms with van der Waals surface area (Å²) in [6.45, 7) is 4.68. The molecule has 2 unspecified atom stereocenters. The second kappa shape index (κ2) is 3.82. The molecule has 2 atom stereocenters. The van der Waals surface area contributed by atoms with Crippen LogP contribution in [0.3, 0.4) is 0 Å². The normalized spacial score (nSPS) is 32.7. The van der Waals surface area contributed by atoms with Gasteiger partial charge in [0.2, 0.25) is 0 Å². The molecule has 1 N–H and O–H groups in total. The summed E-state index contributed by atoms with van der Waals surface area (Å²) in [4.78, 5) is 7.28. The van der Waals surface area contributed by atoms with Crippen LogP contribution < -0.4 is 5.32 Å². The first-order valence-corrected chi connectivity index (χ1v) is 6.93. The van der Waals surface area contributed by atoms with Crippen molar-refractivity contribution in [1.29, 1.82) is 0 Å². The Morgan fingerprint density at radius 2 is 2.24 bits per heavy atom. The third-order valence-corrected chi connectivity index (χ3v) is 4.74. The monoisotopic (exact) mass is 232 g/mol. The molecule has 0 amide bonds. The molecule has 0 spiro atoms. The van der Waals surface area contributed by atoms with Gasteiger partial charge in [-0.15, -0.1) is 0 Å². The van der Waals surface area contributed by atoms with E-state index < -0.39 is 0 Å². The summed E-state index contributed by atoms with van der Waals surface area (Å²) in [6, 6.07) is 1.50. The Hall–Kier alpha value is -0.870. The van der Waals surface area contributed by atoms with Crippen molar-refractivity contribution in [3.05, 3.63) is 17.7 Å². The summed E-state index contributed by atoms with van der Waals surface area (Å²) in [5.41, 5.74) is 2.79. The van der Waals surface area contributed by atoms with Gasteiger partial charge >= 0.3 is 0 Å². The summed E-state index contributed by atoms with van der Waals surface area (Å²) in [5.74, 6) is 0. The van der Waals surface area contributed by atoms with Crippen LogP contribution >= 0.6 is 0 Å². The molecule has 0 saturated carbocycles. The van der Waals surface area contributed by atoms with Gasteiger partial charge < -0.3 is 9.88 Å². The Morgan fingerprint density at radius 3 is 3.24 bits per heavy atom. The van der Waals surface area contributed by atoms with Crippen molar-refractivity contribution in [3.8, 4) is 0 Å². The van der Waals surface area contributed by atoms with Crippen molar-refractivity contribution >= 4 is 0 Å². The number of imidazole rings is 1. The lowest BCUT2D eigenvalue weighted by molar-refractivity contribution is 0.287. The summed E-state index contributed by atoms with van der Waals surface area (Å²) in [5, 5.41) is 3.40. The molecule has 17 heavy (non-hydrogen) atoms. The van der Waals surface area contributed by atoms with Crippen LogP contribution in [-0.2, 0) is 13.0 Å². The van der Waals surface area contributed by atoms with E-state index in [9.17, 15) is 0 Å². The van der Waals surface area contributed by atoms with Crippen molar-refractivity contribution < 1.29 is 0 Å². The largest absolute Gasteiger partial charge is 0.330 e. The van der Waals surface area contributed by atoms with Crippen LogP contribution in [0.2, 0.25) is 0 Å². The molecule has 2 saturated heterocycles. The highest BCUT2D eigenvalue weighted by molar-refractivity contribution is 5.18. The molecule has 0 aromatic carbocycles. The minimum Gasteiger partial charge on any atom is -0.330 e. The quantitative estimate of drug-likeness (QED) is 0.782. The molecular weight excluding hydrogens is 212 g/mol. The van der Waals surface area contributed by atoms with Crippen LogP contribution in [-0.4, -0.2) is 40.1 Å². The standard InChI is InChI=1S/C13H20N4/c1-2-12-13(4-7-16(12)6-1)17-9-15-10-8-14-5-3-11(10)17/h9,12-14H,1-8H2. The molecule has 92 valence electrons. The summed E-state index contributed by atoms with van der Waals surface area (Å²) in [6.07, 6.45) is 7.35. The highest BCUT2D eigenvalue weighted by Gasteiger charge is 2.39. The molecule has 0 bridgehead atoms. The summed E-state index contributed by atoms with van der Waals surface area (Å²) in [7, 11) is 0. The highest BCUT2D eigenvalue weighted by Crippen LogP contribution is 2.37. The van der Waals surface area contributed by atoms with Gasteiger partial charge in [0.25, 0.3) is 0 Å². The number of nitrogens with zero attached hydrogens (tertiary/aromatic N) is 3. The van der Waals surface area contributed by atoms with Gasteiger partial charge in [-0.25, -0.2) is 4.98 Å². The average molecular weight is 232 g/mol. The molecule has 3 aliphatic heterocycles. The molecule has 0 aliphatic carbocycles. The van der Waals surface area contributed by atoms with Crippen LogP contribution in [0.5, 0.6) is 0 Å². The van der Waals surface area contributed by atoms with Gasteiger partial charge in [0, 0.05) is 37.8 Å². The molecule has 4 heteroatoms. The second-order valence-corrected chi connectivity index (χ2v) is 5.57. The molecule has 2 fully saturated rings. The van der Waals surface area contributed by atoms with Gasteiger partial charge in [-0.1, -0.05) is 0 Å². The molecule has 4 rings (SSSR count). The van der Waals surface area contributed by atoms with Gasteiger partial charge in [-0.2, -0.15) is 0 Å². The van der Waals surface area contributed by atoms with E-state index in [1.165, 1.54) is 43.7 Å². The van der Waals surface area contributed by atoms with E-state index in [1.54, 1.807) is 0 Å². The van der Waals surface area contributed by atoms with E-state index in [4.69, 9.17) is 0 Å². The third kappa shape index (κ3) is 1.47. The van der Waals surface area contributed by atoms with Crippen molar-refractivity contribution in [2.24, 2.45) is 0 Å². The fraction of sp³-hybridized carbons (Fsp3) is 0.769. The zero-order valence-electron chi connectivity index (χ0n) is 10.2. The van der Waals surface area contributed by atoms with E-state index in [0.717, 1.165) is 25.6 Å². The third-order valence-electron chi connectivity index (χ3n) is 4.74. The summed E-state index contributed by atoms with van der Waals surface area (Å²) < 4.78 is 2.51. The van der Waals surface area contributed by atoms with Crippen LogP contribution in [0.4, 0.5) is 0 Å². The lowest BCUT2D eigenvalue weighted by atomic mass is 10.0. The van der Waals surface area contributed by atoms with Crippen LogP contribution in [0.15, 0.2) is 6.33 Å². The van der Waals surface area contributed by atoms with Crippen molar-refractivity contribution in [1.82, 2.24) is 19.8 Å². The Morgan fingerprint density at radius 1 is 1.24 bits per heavy atom. The number of hydrogen-bond donors (Lipinski definition) is 1. The van der Waals surface area contributed by atoms with E-state index in [1.807, 2.05) is 0 Å². The number of nitrogens with one attached hydrogen (secondary N) is 1.